The topological polar surface area (TPSA) is 81.9 Å². The number of hydrogen-bond acceptors (Lipinski definition) is 5. The minimum Gasteiger partial charge on any atom is -0.454 e. The van der Waals surface area contributed by atoms with E-state index in [1.807, 2.05) is 6.92 Å². The van der Waals surface area contributed by atoms with Gasteiger partial charge < -0.3 is 15.2 Å². The van der Waals surface area contributed by atoms with Crippen LogP contribution in [0.25, 0.3) is 0 Å². The van der Waals surface area contributed by atoms with E-state index < -0.39 is 10.0 Å². The highest BCUT2D eigenvalue weighted by atomic mass is 35.5. The lowest BCUT2D eigenvalue weighted by atomic mass is 10.1. The number of ether oxygens (including phenoxy) is 2. The van der Waals surface area contributed by atoms with Crippen molar-refractivity contribution < 1.29 is 17.9 Å². The fraction of sp³-hybridized carbons (Fsp3) is 0.571. The largest absolute Gasteiger partial charge is 0.454 e. The molecule has 8 heteroatoms. The number of benzene rings is 1. The van der Waals surface area contributed by atoms with Crippen LogP contribution < -0.4 is 15.2 Å². The molecule has 0 amide bonds. The van der Waals surface area contributed by atoms with Gasteiger partial charge in [0, 0.05) is 18.7 Å². The summed E-state index contributed by atoms with van der Waals surface area (Å²) in [6.07, 6.45) is 0.805. The number of aryl methyl sites for hydroxylation is 1. The van der Waals surface area contributed by atoms with E-state index in [-0.39, 0.29) is 36.1 Å². The molecule has 0 spiro atoms. The van der Waals surface area contributed by atoms with Gasteiger partial charge >= 0.3 is 0 Å². The highest BCUT2D eigenvalue weighted by Gasteiger charge is 2.38. The Morgan fingerprint density at radius 1 is 1.32 bits per heavy atom. The molecular formula is C14H21ClN2O4S. The van der Waals surface area contributed by atoms with Gasteiger partial charge in [-0.1, -0.05) is 0 Å². The molecule has 1 saturated heterocycles. The summed E-state index contributed by atoms with van der Waals surface area (Å²) >= 11 is 0. The van der Waals surface area contributed by atoms with E-state index >= 15 is 0 Å². The highest BCUT2D eigenvalue weighted by Crippen LogP contribution is 2.38. The van der Waals surface area contributed by atoms with Crippen molar-refractivity contribution in [2.45, 2.75) is 31.2 Å². The molecule has 6 nitrogen and oxygen atoms in total. The normalized spacial score (nSPS) is 24.3. The SMILES string of the molecule is Cc1cc2c(cc1S(=O)(=O)N1CC(CN)CC1C)OCO2.Cl. The molecule has 0 radical (unpaired) electrons. The van der Waals surface area contributed by atoms with Crippen molar-refractivity contribution in [3.05, 3.63) is 17.7 Å². The molecule has 2 N–H and O–H groups in total. The van der Waals surface area contributed by atoms with Crippen LogP contribution in [-0.2, 0) is 10.0 Å². The summed E-state index contributed by atoms with van der Waals surface area (Å²) in [6.45, 7) is 4.82. The molecule has 2 aliphatic rings. The van der Waals surface area contributed by atoms with Crippen LogP contribution in [0.1, 0.15) is 18.9 Å². The van der Waals surface area contributed by atoms with E-state index in [1.54, 1.807) is 23.4 Å². The molecule has 22 heavy (non-hydrogen) atoms. The standard InChI is InChI=1S/C14H20N2O4S.ClH/c1-9-3-12-13(20-8-19-12)5-14(9)21(17,18)16-7-11(6-15)4-10(16)2;/h3,5,10-11H,4,6-8,15H2,1-2H3;1H. The van der Waals surface area contributed by atoms with Crippen molar-refractivity contribution in [3.8, 4) is 11.5 Å². The van der Waals surface area contributed by atoms with Crippen LogP contribution in [0.2, 0.25) is 0 Å². The lowest BCUT2D eigenvalue weighted by molar-refractivity contribution is 0.174. The number of rotatable bonds is 3. The number of fused-ring (bicyclic) bond motifs is 1. The predicted octanol–water partition coefficient (Wildman–Crippen LogP) is 1.50. The Labute approximate surface area is 137 Å². The quantitative estimate of drug-likeness (QED) is 0.895. The van der Waals surface area contributed by atoms with Crippen LogP contribution in [0, 0.1) is 12.8 Å². The summed E-state index contributed by atoms with van der Waals surface area (Å²) < 4.78 is 38.0. The van der Waals surface area contributed by atoms with Crippen molar-refractivity contribution in [1.29, 1.82) is 0 Å². The smallest absolute Gasteiger partial charge is 0.243 e. The van der Waals surface area contributed by atoms with Gasteiger partial charge in [0.05, 0.1) is 4.90 Å². The molecule has 3 rings (SSSR count). The third kappa shape index (κ3) is 2.78. The van der Waals surface area contributed by atoms with Gasteiger partial charge in [0.1, 0.15) is 0 Å². The maximum atomic E-state index is 12.9. The summed E-state index contributed by atoms with van der Waals surface area (Å²) in [5.41, 5.74) is 6.35. The fourth-order valence-corrected chi connectivity index (χ4v) is 4.99. The second kappa shape index (κ2) is 6.23. The van der Waals surface area contributed by atoms with E-state index in [1.165, 1.54) is 0 Å². The number of nitrogens with zero attached hydrogens (tertiary/aromatic N) is 1. The highest BCUT2D eigenvalue weighted by molar-refractivity contribution is 7.89. The number of hydrogen-bond donors (Lipinski definition) is 1. The maximum Gasteiger partial charge on any atom is 0.243 e. The fourth-order valence-electron chi connectivity index (χ4n) is 3.04. The van der Waals surface area contributed by atoms with Crippen molar-refractivity contribution in [3.63, 3.8) is 0 Å². The number of sulfonamides is 1. The average molecular weight is 349 g/mol. The van der Waals surface area contributed by atoms with Gasteiger partial charge in [-0.25, -0.2) is 8.42 Å². The number of nitrogens with two attached hydrogens (primary N) is 1. The minimum atomic E-state index is -3.54. The van der Waals surface area contributed by atoms with Gasteiger partial charge in [-0.05, 0) is 44.4 Å². The monoisotopic (exact) mass is 348 g/mol. The van der Waals surface area contributed by atoms with Crippen molar-refractivity contribution in [2.24, 2.45) is 11.7 Å². The van der Waals surface area contributed by atoms with E-state index in [2.05, 4.69) is 0 Å². The molecule has 2 aliphatic heterocycles. The minimum absolute atomic E-state index is 0. The first kappa shape index (κ1) is 17.3. The first-order chi connectivity index (χ1) is 9.93. The van der Waals surface area contributed by atoms with Gasteiger partial charge in [0.25, 0.3) is 0 Å². The van der Waals surface area contributed by atoms with Crippen LogP contribution in [-0.4, -0.2) is 38.6 Å². The van der Waals surface area contributed by atoms with Gasteiger partial charge in [-0.15, -0.1) is 12.4 Å². The molecule has 2 atom stereocenters. The molecule has 0 aliphatic carbocycles. The molecule has 0 bridgehead atoms. The average Bonchev–Trinajstić information content (AvgIpc) is 3.03. The van der Waals surface area contributed by atoms with Crippen molar-refractivity contribution in [2.75, 3.05) is 19.9 Å². The van der Waals surface area contributed by atoms with E-state index in [9.17, 15) is 8.42 Å². The second-order valence-corrected chi connectivity index (χ2v) is 7.59. The molecule has 2 heterocycles. The van der Waals surface area contributed by atoms with Crippen LogP contribution in [0.4, 0.5) is 0 Å². The zero-order chi connectivity index (χ0) is 15.2. The predicted molar refractivity (Wildman–Crippen MR) is 85.1 cm³/mol. The van der Waals surface area contributed by atoms with Crippen molar-refractivity contribution >= 4 is 22.4 Å². The first-order valence-corrected chi connectivity index (χ1v) is 8.49. The van der Waals surface area contributed by atoms with Gasteiger partial charge in [0.15, 0.2) is 11.5 Å². The third-order valence-electron chi connectivity index (χ3n) is 4.19. The van der Waals surface area contributed by atoms with Gasteiger partial charge in [-0.3, -0.25) is 0 Å². The van der Waals surface area contributed by atoms with Gasteiger partial charge in [0.2, 0.25) is 16.8 Å². The molecule has 1 aromatic carbocycles. The molecule has 1 aromatic rings. The Kier molecular flexibility index (Phi) is 4.91. The number of halogens is 1. The van der Waals surface area contributed by atoms with Crippen LogP contribution in [0.15, 0.2) is 17.0 Å². The molecule has 124 valence electrons. The van der Waals surface area contributed by atoms with Crippen molar-refractivity contribution in [1.82, 2.24) is 4.31 Å². The van der Waals surface area contributed by atoms with Crippen LogP contribution in [0.3, 0.4) is 0 Å². The Bertz CT molecular complexity index is 665. The Morgan fingerprint density at radius 2 is 1.95 bits per heavy atom. The van der Waals surface area contributed by atoms with Crippen LogP contribution in [0.5, 0.6) is 11.5 Å². The molecule has 0 saturated carbocycles. The Hall–Kier alpha value is -1.02. The van der Waals surface area contributed by atoms with E-state index in [0.717, 1.165) is 6.42 Å². The summed E-state index contributed by atoms with van der Waals surface area (Å²) in [6, 6.07) is 3.25. The summed E-state index contributed by atoms with van der Waals surface area (Å²) in [5, 5.41) is 0. The molecular weight excluding hydrogens is 328 g/mol. The summed E-state index contributed by atoms with van der Waals surface area (Å²) in [7, 11) is -3.54. The van der Waals surface area contributed by atoms with Crippen LogP contribution >= 0.6 is 12.4 Å². The summed E-state index contributed by atoms with van der Waals surface area (Å²) in [5.74, 6) is 1.31. The van der Waals surface area contributed by atoms with Gasteiger partial charge in [-0.2, -0.15) is 4.31 Å². The molecule has 0 aromatic heterocycles. The zero-order valence-corrected chi connectivity index (χ0v) is 14.2. The molecule has 2 unspecified atom stereocenters. The Morgan fingerprint density at radius 3 is 2.55 bits per heavy atom. The third-order valence-corrected chi connectivity index (χ3v) is 6.32. The Balaban J connectivity index is 0.00000176. The maximum absolute atomic E-state index is 12.9. The first-order valence-electron chi connectivity index (χ1n) is 7.05. The van der Waals surface area contributed by atoms with E-state index in [4.69, 9.17) is 15.2 Å². The summed E-state index contributed by atoms with van der Waals surface area (Å²) in [4.78, 5) is 0.288. The van der Waals surface area contributed by atoms with E-state index in [0.29, 0.717) is 30.2 Å². The molecule has 1 fully saturated rings. The lowest BCUT2D eigenvalue weighted by Gasteiger charge is -2.22. The second-order valence-electron chi connectivity index (χ2n) is 5.73. The lowest BCUT2D eigenvalue weighted by Crippen LogP contribution is -2.34. The zero-order valence-electron chi connectivity index (χ0n) is 12.6.